The van der Waals surface area contributed by atoms with E-state index in [0.717, 1.165) is 21.6 Å². The van der Waals surface area contributed by atoms with Crippen LogP contribution in [-0.2, 0) is 11.3 Å². The van der Waals surface area contributed by atoms with E-state index >= 15 is 0 Å². The van der Waals surface area contributed by atoms with Gasteiger partial charge >= 0.3 is 0 Å². The lowest BCUT2D eigenvalue weighted by Crippen LogP contribution is -2.32. The fourth-order valence-corrected chi connectivity index (χ4v) is 3.68. The van der Waals surface area contributed by atoms with E-state index in [0.29, 0.717) is 13.1 Å². The Labute approximate surface area is 143 Å². The van der Waals surface area contributed by atoms with Crippen molar-refractivity contribution in [3.8, 4) is 0 Å². The molecule has 22 heavy (non-hydrogen) atoms. The number of hydrogen-bond acceptors (Lipinski definition) is 3. The van der Waals surface area contributed by atoms with E-state index in [9.17, 15) is 4.79 Å². The highest BCUT2D eigenvalue weighted by Gasteiger charge is 2.11. The molecule has 1 amide bonds. The van der Waals surface area contributed by atoms with Crippen molar-refractivity contribution in [3.05, 3.63) is 63.3 Å². The Morgan fingerprint density at radius 3 is 2.86 bits per heavy atom. The minimum absolute atomic E-state index is 0.0110. The van der Waals surface area contributed by atoms with Crippen LogP contribution in [0.15, 0.2) is 52.8 Å². The van der Waals surface area contributed by atoms with Crippen LogP contribution >= 0.6 is 27.3 Å². The monoisotopic (exact) mass is 378 g/mol. The molecule has 3 nitrogen and oxygen atoms in total. The molecule has 0 saturated heterocycles. The molecule has 0 aliphatic carbocycles. The predicted octanol–water partition coefficient (Wildman–Crippen LogP) is 4.45. The Morgan fingerprint density at radius 2 is 2.23 bits per heavy atom. The van der Waals surface area contributed by atoms with E-state index in [1.54, 1.807) is 11.3 Å². The molecule has 0 atom stereocenters. The number of hydrogen-bond donors (Lipinski definition) is 1. The van der Waals surface area contributed by atoms with Crippen molar-refractivity contribution >= 4 is 38.9 Å². The SMILES string of the molecule is C=CCN(CC(=O)Nc1cccc(C)c1)Cc1ccc(Br)s1. The predicted molar refractivity (Wildman–Crippen MR) is 97.3 cm³/mol. The molecule has 1 aromatic heterocycles. The standard InChI is InChI=1S/C17H19BrN2OS/c1-3-9-20(11-15-7-8-16(18)22-15)12-17(21)19-14-6-4-5-13(2)10-14/h3-8,10H,1,9,11-12H2,2H3,(H,19,21). The number of aryl methyl sites for hydroxylation is 1. The quantitative estimate of drug-likeness (QED) is 0.721. The number of thiophene rings is 1. The number of amides is 1. The lowest BCUT2D eigenvalue weighted by atomic mass is 10.2. The third-order valence-corrected chi connectivity index (χ3v) is 4.67. The highest BCUT2D eigenvalue weighted by Crippen LogP contribution is 2.23. The van der Waals surface area contributed by atoms with E-state index < -0.39 is 0 Å². The van der Waals surface area contributed by atoms with Crippen LogP contribution in [0.1, 0.15) is 10.4 Å². The second-order valence-electron chi connectivity index (χ2n) is 5.08. The number of nitrogens with one attached hydrogen (secondary N) is 1. The van der Waals surface area contributed by atoms with Crippen molar-refractivity contribution in [1.29, 1.82) is 0 Å². The van der Waals surface area contributed by atoms with Gasteiger partial charge in [-0.15, -0.1) is 17.9 Å². The molecule has 0 aliphatic rings. The molecule has 5 heteroatoms. The van der Waals surface area contributed by atoms with Crippen LogP contribution < -0.4 is 5.32 Å². The molecule has 0 aliphatic heterocycles. The van der Waals surface area contributed by atoms with Crippen LogP contribution in [0.4, 0.5) is 5.69 Å². The molecule has 0 unspecified atom stereocenters. The summed E-state index contributed by atoms with van der Waals surface area (Å²) in [6, 6.07) is 11.9. The van der Waals surface area contributed by atoms with Crippen LogP contribution in [0.25, 0.3) is 0 Å². The minimum atomic E-state index is -0.0110. The number of benzene rings is 1. The summed E-state index contributed by atoms with van der Waals surface area (Å²) >= 11 is 5.15. The van der Waals surface area contributed by atoms with Gasteiger partial charge in [-0.2, -0.15) is 0 Å². The van der Waals surface area contributed by atoms with Crippen molar-refractivity contribution < 1.29 is 4.79 Å². The third kappa shape index (κ3) is 5.40. The first-order valence-corrected chi connectivity index (χ1v) is 8.62. The van der Waals surface area contributed by atoms with Crippen molar-refractivity contribution in [2.75, 3.05) is 18.4 Å². The first-order chi connectivity index (χ1) is 10.6. The fourth-order valence-electron chi connectivity index (χ4n) is 2.15. The van der Waals surface area contributed by atoms with Gasteiger partial charge in [0.2, 0.25) is 5.91 Å². The van der Waals surface area contributed by atoms with Crippen molar-refractivity contribution in [1.82, 2.24) is 4.90 Å². The van der Waals surface area contributed by atoms with Crippen LogP contribution in [0.2, 0.25) is 0 Å². The average molecular weight is 379 g/mol. The Morgan fingerprint density at radius 1 is 1.41 bits per heavy atom. The van der Waals surface area contributed by atoms with Gasteiger partial charge in [0.05, 0.1) is 10.3 Å². The summed E-state index contributed by atoms with van der Waals surface area (Å²) in [4.78, 5) is 15.5. The number of rotatable bonds is 7. The zero-order chi connectivity index (χ0) is 15.9. The molecule has 0 bridgehead atoms. The van der Waals surface area contributed by atoms with E-state index in [-0.39, 0.29) is 5.91 Å². The van der Waals surface area contributed by atoms with Crippen LogP contribution in [0.5, 0.6) is 0 Å². The zero-order valence-corrected chi connectivity index (χ0v) is 14.9. The van der Waals surface area contributed by atoms with Crippen LogP contribution in [0.3, 0.4) is 0 Å². The van der Waals surface area contributed by atoms with Crippen LogP contribution in [0, 0.1) is 6.92 Å². The lowest BCUT2D eigenvalue weighted by molar-refractivity contribution is -0.117. The van der Waals surface area contributed by atoms with Crippen molar-refractivity contribution in [2.24, 2.45) is 0 Å². The molecular formula is C17H19BrN2OS. The maximum atomic E-state index is 12.2. The number of nitrogens with zero attached hydrogens (tertiary/aromatic N) is 1. The molecule has 0 spiro atoms. The van der Waals surface area contributed by atoms with Crippen molar-refractivity contribution in [3.63, 3.8) is 0 Å². The van der Waals surface area contributed by atoms with E-state index in [4.69, 9.17) is 0 Å². The Hall–Kier alpha value is -1.43. The van der Waals surface area contributed by atoms with E-state index in [2.05, 4.69) is 38.8 Å². The largest absolute Gasteiger partial charge is 0.325 e. The first kappa shape index (κ1) is 16.9. The second-order valence-corrected chi connectivity index (χ2v) is 7.63. The molecule has 0 saturated carbocycles. The maximum absolute atomic E-state index is 12.2. The molecule has 0 fully saturated rings. The van der Waals surface area contributed by atoms with Gasteiger partial charge in [0.25, 0.3) is 0 Å². The van der Waals surface area contributed by atoms with Gasteiger partial charge in [-0.25, -0.2) is 0 Å². The lowest BCUT2D eigenvalue weighted by Gasteiger charge is -2.19. The summed E-state index contributed by atoms with van der Waals surface area (Å²) in [6.45, 7) is 7.54. The van der Waals surface area contributed by atoms with Gasteiger partial charge < -0.3 is 5.32 Å². The Bertz CT molecular complexity index is 654. The number of anilines is 1. The molecule has 2 aromatic rings. The average Bonchev–Trinajstić information content (AvgIpc) is 2.84. The number of carbonyl (C=O) groups is 1. The summed E-state index contributed by atoms with van der Waals surface area (Å²) in [5.41, 5.74) is 1.96. The molecule has 1 N–H and O–H groups in total. The number of halogens is 1. The maximum Gasteiger partial charge on any atom is 0.238 e. The summed E-state index contributed by atoms with van der Waals surface area (Å²) in [5.74, 6) is -0.0110. The summed E-state index contributed by atoms with van der Waals surface area (Å²) < 4.78 is 1.10. The van der Waals surface area contributed by atoms with Gasteiger partial charge in [0.15, 0.2) is 0 Å². The Kier molecular flexibility index (Phi) is 6.36. The first-order valence-electron chi connectivity index (χ1n) is 7.01. The van der Waals surface area contributed by atoms with Gasteiger partial charge in [0.1, 0.15) is 0 Å². The summed E-state index contributed by atoms with van der Waals surface area (Å²) in [7, 11) is 0. The van der Waals surface area contributed by atoms with E-state index in [1.165, 1.54) is 4.88 Å². The zero-order valence-electron chi connectivity index (χ0n) is 12.5. The van der Waals surface area contributed by atoms with Gasteiger partial charge in [0, 0.05) is 23.7 Å². The van der Waals surface area contributed by atoms with Crippen LogP contribution in [-0.4, -0.2) is 23.9 Å². The normalized spacial score (nSPS) is 10.7. The van der Waals surface area contributed by atoms with E-state index in [1.807, 2.05) is 43.3 Å². The smallest absolute Gasteiger partial charge is 0.238 e. The number of carbonyl (C=O) groups excluding carboxylic acids is 1. The Balaban J connectivity index is 1.94. The molecule has 1 aromatic carbocycles. The second kappa shape index (κ2) is 8.27. The summed E-state index contributed by atoms with van der Waals surface area (Å²) in [6.07, 6.45) is 1.82. The van der Waals surface area contributed by atoms with Gasteiger partial charge in [-0.3, -0.25) is 9.69 Å². The molecule has 116 valence electrons. The highest BCUT2D eigenvalue weighted by atomic mass is 79.9. The molecule has 1 heterocycles. The molecule has 0 radical (unpaired) electrons. The fraction of sp³-hybridized carbons (Fsp3) is 0.235. The molecule has 2 rings (SSSR count). The van der Waals surface area contributed by atoms with Crippen molar-refractivity contribution in [2.45, 2.75) is 13.5 Å². The van der Waals surface area contributed by atoms with Gasteiger partial charge in [-0.05, 0) is 52.7 Å². The highest BCUT2D eigenvalue weighted by molar-refractivity contribution is 9.11. The minimum Gasteiger partial charge on any atom is -0.325 e. The molecular weight excluding hydrogens is 360 g/mol. The van der Waals surface area contributed by atoms with Gasteiger partial charge in [-0.1, -0.05) is 18.2 Å². The third-order valence-electron chi connectivity index (χ3n) is 3.06. The summed E-state index contributed by atoms with van der Waals surface area (Å²) in [5, 5.41) is 2.94. The topological polar surface area (TPSA) is 32.3 Å².